The lowest BCUT2D eigenvalue weighted by atomic mass is 10.3. The molecule has 0 spiro atoms. The predicted octanol–water partition coefficient (Wildman–Crippen LogP) is 1.52. The SMILES string of the molecule is CN(Cc1ccco1)C(=O)CN1CCN(c2nccs2)CC1. The summed E-state index contributed by atoms with van der Waals surface area (Å²) in [4.78, 5) is 22.8. The highest BCUT2D eigenvalue weighted by atomic mass is 32.1. The predicted molar refractivity (Wildman–Crippen MR) is 85.9 cm³/mol. The molecule has 0 bridgehead atoms. The van der Waals surface area contributed by atoms with Gasteiger partial charge in [0.05, 0.1) is 19.4 Å². The van der Waals surface area contributed by atoms with Gasteiger partial charge >= 0.3 is 0 Å². The summed E-state index contributed by atoms with van der Waals surface area (Å²) in [6.07, 6.45) is 3.46. The number of thiazole rings is 1. The molecule has 22 heavy (non-hydrogen) atoms. The molecule has 0 aliphatic carbocycles. The molecule has 3 rings (SSSR count). The van der Waals surface area contributed by atoms with Crippen molar-refractivity contribution in [1.29, 1.82) is 0 Å². The summed E-state index contributed by atoms with van der Waals surface area (Å²) in [6.45, 7) is 4.60. The van der Waals surface area contributed by atoms with Crippen LogP contribution in [0.1, 0.15) is 5.76 Å². The van der Waals surface area contributed by atoms with E-state index >= 15 is 0 Å². The molecular formula is C15H20N4O2S. The normalized spacial score (nSPS) is 16.0. The molecule has 0 atom stereocenters. The minimum Gasteiger partial charge on any atom is -0.467 e. The first kappa shape index (κ1) is 15.1. The number of carbonyl (C=O) groups excluding carboxylic acids is 1. The second-order valence-corrected chi connectivity index (χ2v) is 6.28. The summed E-state index contributed by atoms with van der Waals surface area (Å²) < 4.78 is 5.28. The van der Waals surface area contributed by atoms with Gasteiger partial charge in [-0.25, -0.2) is 4.98 Å². The van der Waals surface area contributed by atoms with Crippen molar-refractivity contribution >= 4 is 22.4 Å². The highest BCUT2D eigenvalue weighted by Crippen LogP contribution is 2.18. The Kier molecular flexibility index (Phi) is 4.74. The first-order chi connectivity index (χ1) is 10.7. The Labute approximate surface area is 133 Å². The Morgan fingerprint density at radius 1 is 1.41 bits per heavy atom. The zero-order valence-corrected chi connectivity index (χ0v) is 13.5. The number of piperazine rings is 1. The van der Waals surface area contributed by atoms with Crippen LogP contribution < -0.4 is 4.90 Å². The molecule has 1 saturated heterocycles. The monoisotopic (exact) mass is 320 g/mol. The van der Waals surface area contributed by atoms with Crippen molar-refractivity contribution in [2.45, 2.75) is 6.54 Å². The lowest BCUT2D eigenvalue weighted by Crippen LogP contribution is -2.49. The van der Waals surface area contributed by atoms with Crippen molar-refractivity contribution in [3.8, 4) is 0 Å². The zero-order valence-electron chi connectivity index (χ0n) is 12.6. The number of furan rings is 1. The summed E-state index contributed by atoms with van der Waals surface area (Å²) in [5.74, 6) is 0.934. The van der Waals surface area contributed by atoms with Gasteiger partial charge in [-0.05, 0) is 12.1 Å². The summed E-state index contributed by atoms with van der Waals surface area (Å²) in [5.41, 5.74) is 0. The topological polar surface area (TPSA) is 52.8 Å². The third-order valence-corrected chi connectivity index (χ3v) is 4.65. The van der Waals surface area contributed by atoms with Crippen molar-refractivity contribution in [3.63, 3.8) is 0 Å². The van der Waals surface area contributed by atoms with Crippen LogP contribution in [0, 0.1) is 0 Å². The van der Waals surface area contributed by atoms with Crippen molar-refractivity contribution in [1.82, 2.24) is 14.8 Å². The lowest BCUT2D eigenvalue weighted by molar-refractivity contribution is -0.131. The Morgan fingerprint density at radius 3 is 2.86 bits per heavy atom. The number of amides is 1. The van der Waals surface area contributed by atoms with E-state index in [1.165, 1.54) is 0 Å². The van der Waals surface area contributed by atoms with E-state index in [1.54, 1.807) is 22.5 Å². The maximum Gasteiger partial charge on any atom is 0.236 e. The highest BCUT2D eigenvalue weighted by Gasteiger charge is 2.21. The fourth-order valence-electron chi connectivity index (χ4n) is 2.51. The number of likely N-dealkylation sites (N-methyl/N-ethyl adjacent to an activating group) is 1. The number of carbonyl (C=O) groups is 1. The molecule has 2 aromatic rings. The molecule has 6 nitrogen and oxygen atoms in total. The van der Waals surface area contributed by atoms with E-state index < -0.39 is 0 Å². The van der Waals surface area contributed by atoms with Crippen LogP contribution in [0.2, 0.25) is 0 Å². The Bertz CT molecular complexity index is 577. The average molecular weight is 320 g/mol. The molecule has 1 aliphatic rings. The van der Waals surface area contributed by atoms with Gasteiger partial charge in [0.1, 0.15) is 5.76 Å². The third kappa shape index (κ3) is 3.66. The zero-order chi connectivity index (χ0) is 15.4. The summed E-state index contributed by atoms with van der Waals surface area (Å²) in [7, 11) is 1.82. The van der Waals surface area contributed by atoms with Gasteiger partial charge in [0.15, 0.2) is 5.13 Å². The number of hydrogen-bond donors (Lipinski definition) is 0. The molecule has 2 aromatic heterocycles. The van der Waals surface area contributed by atoms with Crippen LogP contribution in [0.5, 0.6) is 0 Å². The molecule has 1 aliphatic heterocycles. The van der Waals surface area contributed by atoms with E-state index in [0.717, 1.165) is 37.1 Å². The minimum atomic E-state index is 0.124. The van der Waals surface area contributed by atoms with Crippen LogP contribution in [0.15, 0.2) is 34.4 Å². The maximum atomic E-state index is 12.3. The molecule has 0 unspecified atom stereocenters. The molecular weight excluding hydrogens is 300 g/mol. The molecule has 3 heterocycles. The number of aromatic nitrogens is 1. The van der Waals surface area contributed by atoms with Crippen LogP contribution in [0.3, 0.4) is 0 Å². The van der Waals surface area contributed by atoms with Gasteiger partial charge in [0, 0.05) is 44.8 Å². The van der Waals surface area contributed by atoms with E-state index in [2.05, 4.69) is 14.8 Å². The minimum absolute atomic E-state index is 0.124. The van der Waals surface area contributed by atoms with E-state index in [4.69, 9.17) is 4.42 Å². The second kappa shape index (κ2) is 6.93. The van der Waals surface area contributed by atoms with E-state index in [0.29, 0.717) is 13.1 Å². The first-order valence-electron chi connectivity index (χ1n) is 7.35. The fourth-order valence-corrected chi connectivity index (χ4v) is 3.20. The fraction of sp³-hybridized carbons (Fsp3) is 0.467. The summed E-state index contributed by atoms with van der Waals surface area (Å²) >= 11 is 1.66. The first-order valence-corrected chi connectivity index (χ1v) is 8.23. The van der Waals surface area contributed by atoms with Crippen LogP contribution in [-0.4, -0.2) is 60.5 Å². The molecule has 118 valence electrons. The van der Waals surface area contributed by atoms with Gasteiger partial charge in [-0.3, -0.25) is 9.69 Å². The highest BCUT2D eigenvalue weighted by molar-refractivity contribution is 7.13. The summed E-state index contributed by atoms with van der Waals surface area (Å²) in [6, 6.07) is 3.72. The van der Waals surface area contributed by atoms with Crippen LogP contribution in [0.25, 0.3) is 0 Å². The van der Waals surface area contributed by atoms with Crippen molar-refractivity contribution < 1.29 is 9.21 Å². The largest absolute Gasteiger partial charge is 0.467 e. The quantitative estimate of drug-likeness (QED) is 0.836. The number of hydrogen-bond acceptors (Lipinski definition) is 6. The Balaban J connectivity index is 1.45. The molecule has 0 aromatic carbocycles. The second-order valence-electron chi connectivity index (χ2n) is 5.41. The van der Waals surface area contributed by atoms with E-state index in [1.807, 2.05) is 30.8 Å². The lowest BCUT2D eigenvalue weighted by Gasteiger charge is -2.34. The van der Waals surface area contributed by atoms with Gasteiger partial charge in [-0.2, -0.15) is 0 Å². The molecule has 0 N–H and O–H groups in total. The van der Waals surface area contributed by atoms with Gasteiger partial charge < -0.3 is 14.2 Å². The molecule has 0 saturated carbocycles. The van der Waals surface area contributed by atoms with E-state index in [-0.39, 0.29) is 5.91 Å². The summed E-state index contributed by atoms with van der Waals surface area (Å²) in [5, 5.41) is 3.07. The number of anilines is 1. The van der Waals surface area contributed by atoms with Crippen molar-refractivity contribution in [2.75, 3.05) is 44.7 Å². The van der Waals surface area contributed by atoms with Gasteiger partial charge in [-0.1, -0.05) is 0 Å². The number of nitrogens with zero attached hydrogens (tertiary/aromatic N) is 4. The van der Waals surface area contributed by atoms with E-state index in [9.17, 15) is 4.79 Å². The Morgan fingerprint density at radius 2 is 2.23 bits per heavy atom. The molecule has 1 fully saturated rings. The van der Waals surface area contributed by atoms with Crippen LogP contribution in [0.4, 0.5) is 5.13 Å². The van der Waals surface area contributed by atoms with Crippen LogP contribution in [-0.2, 0) is 11.3 Å². The van der Waals surface area contributed by atoms with Crippen LogP contribution >= 0.6 is 11.3 Å². The average Bonchev–Trinajstić information content (AvgIpc) is 3.21. The van der Waals surface area contributed by atoms with Gasteiger partial charge in [0.25, 0.3) is 0 Å². The Hall–Kier alpha value is -1.86. The van der Waals surface area contributed by atoms with Gasteiger partial charge in [0.2, 0.25) is 5.91 Å². The third-order valence-electron chi connectivity index (χ3n) is 3.82. The molecule has 1 amide bonds. The standard InChI is InChI=1S/C15H20N4O2S/c1-17(11-13-3-2-9-21-13)14(20)12-18-5-7-19(8-6-18)15-16-4-10-22-15/h2-4,9-10H,5-8,11-12H2,1H3. The molecule has 0 radical (unpaired) electrons. The number of rotatable bonds is 5. The smallest absolute Gasteiger partial charge is 0.236 e. The maximum absolute atomic E-state index is 12.3. The van der Waals surface area contributed by atoms with Crippen molar-refractivity contribution in [2.24, 2.45) is 0 Å². The van der Waals surface area contributed by atoms with Crippen molar-refractivity contribution in [3.05, 3.63) is 35.7 Å². The van der Waals surface area contributed by atoms with Gasteiger partial charge in [-0.15, -0.1) is 11.3 Å². The molecule has 7 heteroatoms.